The van der Waals surface area contributed by atoms with Crippen LogP contribution in [0.3, 0.4) is 0 Å². The van der Waals surface area contributed by atoms with Crippen LogP contribution in [0.5, 0.6) is 0 Å². The van der Waals surface area contributed by atoms with Gasteiger partial charge in [-0.2, -0.15) is 0 Å². The van der Waals surface area contributed by atoms with Crippen molar-refractivity contribution in [1.82, 2.24) is 4.98 Å². The molecule has 15 heavy (non-hydrogen) atoms. The SMILES string of the molecule is O=[N+]([O-])c1cc(C#CCCCl)cnc1Cl. The molecule has 0 spiro atoms. The molecule has 0 fully saturated rings. The number of nitrogens with zero attached hydrogens (tertiary/aromatic N) is 2. The Morgan fingerprint density at radius 3 is 2.93 bits per heavy atom. The molecule has 0 bridgehead atoms. The Balaban J connectivity index is 2.99. The van der Waals surface area contributed by atoms with Crippen molar-refractivity contribution in [3.8, 4) is 11.8 Å². The molecule has 0 saturated heterocycles. The molecule has 1 aromatic heterocycles. The average Bonchev–Trinajstić information content (AvgIpc) is 2.20. The molecule has 78 valence electrons. The van der Waals surface area contributed by atoms with Gasteiger partial charge in [-0.15, -0.1) is 11.6 Å². The van der Waals surface area contributed by atoms with Crippen molar-refractivity contribution >= 4 is 28.9 Å². The van der Waals surface area contributed by atoms with Gasteiger partial charge in [0.05, 0.1) is 4.92 Å². The van der Waals surface area contributed by atoms with Crippen LogP contribution in [0.4, 0.5) is 5.69 Å². The van der Waals surface area contributed by atoms with E-state index in [1.807, 2.05) is 0 Å². The molecular weight excluding hydrogens is 239 g/mol. The highest BCUT2D eigenvalue weighted by molar-refractivity contribution is 6.31. The van der Waals surface area contributed by atoms with Gasteiger partial charge in [0.25, 0.3) is 0 Å². The maximum Gasteiger partial charge on any atom is 0.307 e. The van der Waals surface area contributed by atoms with Gasteiger partial charge in [0.1, 0.15) is 0 Å². The lowest BCUT2D eigenvalue weighted by atomic mass is 10.2. The number of alkyl halides is 1. The van der Waals surface area contributed by atoms with Gasteiger partial charge in [0, 0.05) is 30.1 Å². The number of pyridine rings is 1. The Morgan fingerprint density at radius 2 is 2.33 bits per heavy atom. The van der Waals surface area contributed by atoms with Gasteiger partial charge in [-0.3, -0.25) is 10.1 Å². The molecule has 0 N–H and O–H groups in total. The van der Waals surface area contributed by atoms with E-state index in [2.05, 4.69) is 16.8 Å². The summed E-state index contributed by atoms with van der Waals surface area (Å²) >= 11 is 11.0. The average molecular weight is 245 g/mol. The Morgan fingerprint density at radius 1 is 1.60 bits per heavy atom. The predicted molar refractivity (Wildman–Crippen MR) is 58.1 cm³/mol. The summed E-state index contributed by atoms with van der Waals surface area (Å²) in [5.74, 6) is 5.88. The Labute approximate surface area is 96.4 Å². The summed E-state index contributed by atoms with van der Waals surface area (Å²) in [6.45, 7) is 0. The minimum Gasteiger partial charge on any atom is -0.258 e. The summed E-state index contributed by atoms with van der Waals surface area (Å²) < 4.78 is 0. The topological polar surface area (TPSA) is 56.0 Å². The van der Waals surface area contributed by atoms with Gasteiger partial charge >= 0.3 is 5.69 Å². The first-order valence-electron chi connectivity index (χ1n) is 4.00. The fourth-order valence-electron chi connectivity index (χ4n) is 0.845. The van der Waals surface area contributed by atoms with Crippen LogP contribution >= 0.6 is 23.2 Å². The van der Waals surface area contributed by atoms with E-state index in [4.69, 9.17) is 23.2 Å². The second-order valence-corrected chi connectivity index (χ2v) is 3.27. The summed E-state index contributed by atoms with van der Waals surface area (Å²) in [7, 11) is 0. The Hall–Kier alpha value is -1.31. The maximum atomic E-state index is 10.5. The number of rotatable bonds is 2. The molecule has 0 aliphatic heterocycles. The predicted octanol–water partition coefficient (Wildman–Crippen LogP) is 2.62. The lowest BCUT2D eigenvalue weighted by molar-refractivity contribution is -0.385. The first kappa shape index (κ1) is 11.8. The van der Waals surface area contributed by atoms with Crippen LogP contribution in [0, 0.1) is 22.0 Å². The Bertz CT molecular complexity index is 437. The molecule has 1 aromatic rings. The summed E-state index contributed by atoms with van der Waals surface area (Å²) in [5, 5.41) is 10.4. The highest BCUT2D eigenvalue weighted by atomic mass is 35.5. The quantitative estimate of drug-likeness (QED) is 0.264. The van der Waals surface area contributed by atoms with Crippen LogP contribution in [0.1, 0.15) is 12.0 Å². The highest BCUT2D eigenvalue weighted by Gasteiger charge is 2.13. The molecule has 0 amide bonds. The molecule has 6 heteroatoms. The van der Waals surface area contributed by atoms with Crippen LogP contribution in [-0.2, 0) is 0 Å². The van der Waals surface area contributed by atoms with Crippen molar-refractivity contribution in [2.75, 3.05) is 5.88 Å². The van der Waals surface area contributed by atoms with Gasteiger partial charge in [0.15, 0.2) is 0 Å². The summed E-state index contributed by atoms with van der Waals surface area (Å²) in [4.78, 5) is 13.6. The Kier molecular flexibility index (Phi) is 4.35. The third kappa shape index (κ3) is 3.39. The first-order chi connectivity index (χ1) is 7.15. The minimum atomic E-state index is -0.595. The van der Waals surface area contributed by atoms with Crippen molar-refractivity contribution in [3.63, 3.8) is 0 Å². The molecule has 1 heterocycles. The molecule has 1 rings (SSSR count). The van der Waals surface area contributed by atoms with Crippen molar-refractivity contribution in [2.24, 2.45) is 0 Å². The van der Waals surface area contributed by atoms with E-state index in [0.717, 1.165) is 0 Å². The van der Waals surface area contributed by atoms with E-state index in [1.54, 1.807) is 0 Å². The van der Waals surface area contributed by atoms with Crippen LogP contribution in [-0.4, -0.2) is 15.8 Å². The van der Waals surface area contributed by atoms with E-state index >= 15 is 0 Å². The second kappa shape index (κ2) is 5.54. The van der Waals surface area contributed by atoms with Gasteiger partial charge in [-0.1, -0.05) is 23.4 Å². The van der Waals surface area contributed by atoms with E-state index in [-0.39, 0.29) is 10.8 Å². The molecule has 0 radical (unpaired) electrons. The monoisotopic (exact) mass is 244 g/mol. The van der Waals surface area contributed by atoms with Crippen molar-refractivity contribution in [1.29, 1.82) is 0 Å². The smallest absolute Gasteiger partial charge is 0.258 e. The maximum absolute atomic E-state index is 10.5. The zero-order valence-electron chi connectivity index (χ0n) is 7.54. The molecule has 0 saturated carbocycles. The van der Waals surface area contributed by atoms with Gasteiger partial charge in [-0.05, 0) is 0 Å². The summed E-state index contributed by atoms with van der Waals surface area (Å²) in [5.41, 5.74) is 0.213. The number of hydrogen-bond acceptors (Lipinski definition) is 3. The second-order valence-electron chi connectivity index (χ2n) is 2.53. The molecule has 4 nitrogen and oxygen atoms in total. The lowest BCUT2D eigenvalue weighted by Crippen LogP contribution is -1.92. The standard InChI is InChI=1S/C9H6Cl2N2O2/c10-4-2-1-3-7-5-8(13(14)15)9(11)12-6-7/h5-6H,2,4H2. The third-order valence-corrected chi connectivity index (χ3v) is 1.95. The fraction of sp³-hybridized carbons (Fsp3) is 0.222. The van der Waals surface area contributed by atoms with Crippen molar-refractivity contribution in [3.05, 3.63) is 33.1 Å². The van der Waals surface area contributed by atoms with E-state index in [9.17, 15) is 10.1 Å². The van der Waals surface area contributed by atoms with Crippen molar-refractivity contribution in [2.45, 2.75) is 6.42 Å². The molecule has 0 unspecified atom stereocenters. The van der Waals surface area contributed by atoms with E-state index < -0.39 is 4.92 Å². The zero-order chi connectivity index (χ0) is 11.3. The van der Waals surface area contributed by atoms with E-state index in [1.165, 1.54) is 12.3 Å². The lowest BCUT2D eigenvalue weighted by Gasteiger charge is -1.94. The largest absolute Gasteiger partial charge is 0.307 e. The van der Waals surface area contributed by atoms with Gasteiger partial charge in [0.2, 0.25) is 5.15 Å². The van der Waals surface area contributed by atoms with Crippen molar-refractivity contribution < 1.29 is 4.92 Å². The normalized spacial score (nSPS) is 9.20. The van der Waals surface area contributed by atoms with Gasteiger partial charge in [-0.25, -0.2) is 4.98 Å². The highest BCUT2D eigenvalue weighted by Crippen LogP contribution is 2.21. The number of halogens is 2. The van der Waals surface area contributed by atoms with E-state index in [0.29, 0.717) is 17.9 Å². The van der Waals surface area contributed by atoms with Gasteiger partial charge < -0.3 is 0 Å². The third-order valence-electron chi connectivity index (χ3n) is 1.47. The fourth-order valence-corrected chi connectivity index (χ4v) is 1.11. The number of hydrogen-bond donors (Lipinski definition) is 0. The minimum absolute atomic E-state index is 0.136. The number of nitro groups is 1. The summed E-state index contributed by atoms with van der Waals surface area (Å²) in [6, 6.07) is 1.29. The molecular formula is C9H6Cl2N2O2. The molecule has 0 aliphatic carbocycles. The zero-order valence-corrected chi connectivity index (χ0v) is 9.05. The number of aromatic nitrogens is 1. The molecule has 0 atom stereocenters. The first-order valence-corrected chi connectivity index (χ1v) is 4.91. The van der Waals surface area contributed by atoms with Crippen LogP contribution in [0.25, 0.3) is 0 Å². The molecule has 0 aromatic carbocycles. The van der Waals surface area contributed by atoms with Crippen LogP contribution in [0.2, 0.25) is 5.15 Å². The molecule has 0 aliphatic rings. The summed E-state index contributed by atoms with van der Waals surface area (Å²) in [6.07, 6.45) is 1.91. The van der Waals surface area contributed by atoms with Crippen LogP contribution < -0.4 is 0 Å². The van der Waals surface area contributed by atoms with Crippen LogP contribution in [0.15, 0.2) is 12.3 Å².